The number of aromatic nitrogens is 2. The number of rotatable bonds is 3. The monoisotopic (exact) mass is 153 g/mol. The second kappa shape index (κ2) is 3.18. The largest absolute Gasteiger partial charge is 0.364 e. The van der Waals surface area contributed by atoms with Crippen molar-refractivity contribution in [2.24, 2.45) is 5.73 Å². The van der Waals surface area contributed by atoms with Crippen LogP contribution in [0.15, 0.2) is 6.20 Å². The van der Waals surface area contributed by atoms with Crippen LogP contribution in [0.2, 0.25) is 0 Å². The minimum Gasteiger partial charge on any atom is -0.364 e. The lowest BCUT2D eigenvalue weighted by atomic mass is 10.3. The number of H-pyrrole nitrogens is 1. The van der Waals surface area contributed by atoms with Crippen molar-refractivity contribution < 1.29 is 4.79 Å². The van der Waals surface area contributed by atoms with Crippen LogP contribution < -0.4 is 5.73 Å². The number of nitrogens with two attached hydrogens (primary N) is 1. The molecule has 0 saturated heterocycles. The Balaban J connectivity index is 2.73. The fraction of sp³-hybridized carbons (Fsp3) is 0.429. The Morgan fingerprint density at radius 3 is 3.00 bits per heavy atom. The minimum atomic E-state index is -0.483. The van der Waals surface area contributed by atoms with Crippen LogP contribution in [0.25, 0.3) is 0 Å². The SMILES string of the molecule is CCCc1nc(C(N)=O)c[nH]1. The number of nitrogens with zero attached hydrogens (tertiary/aromatic N) is 1. The van der Waals surface area contributed by atoms with Gasteiger partial charge in [-0.1, -0.05) is 6.92 Å². The van der Waals surface area contributed by atoms with E-state index < -0.39 is 5.91 Å². The van der Waals surface area contributed by atoms with Gasteiger partial charge in [0.1, 0.15) is 11.5 Å². The lowest BCUT2D eigenvalue weighted by Gasteiger charge is -1.87. The van der Waals surface area contributed by atoms with Crippen LogP contribution in [0.5, 0.6) is 0 Å². The molecule has 60 valence electrons. The standard InChI is InChI=1S/C7H11N3O/c1-2-3-6-9-4-5(10-6)7(8)11/h4H,2-3H2,1H3,(H2,8,11)(H,9,10). The topological polar surface area (TPSA) is 71.8 Å². The van der Waals surface area contributed by atoms with Gasteiger partial charge in [-0.3, -0.25) is 4.79 Å². The molecule has 0 fully saturated rings. The maximum Gasteiger partial charge on any atom is 0.268 e. The van der Waals surface area contributed by atoms with Gasteiger partial charge in [-0.15, -0.1) is 0 Å². The molecule has 3 N–H and O–H groups in total. The first-order chi connectivity index (χ1) is 5.24. The number of carbonyl (C=O) groups excluding carboxylic acids is 1. The van der Waals surface area contributed by atoms with Gasteiger partial charge < -0.3 is 10.7 Å². The van der Waals surface area contributed by atoms with Gasteiger partial charge in [0.05, 0.1) is 0 Å². The second-order valence-corrected chi connectivity index (χ2v) is 2.35. The summed E-state index contributed by atoms with van der Waals surface area (Å²) in [5.41, 5.74) is 5.32. The third kappa shape index (κ3) is 1.80. The van der Waals surface area contributed by atoms with E-state index in [1.54, 1.807) is 0 Å². The maximum atomic E-state index is 10.6. The van der Waals surface area contributed by atoms with Crippen LogP contribution in [0.4, 0.5) is 0 Å². The molecule has 1 rings (SSSR count). The van der Waals surface area contributed by atoms with Crippen molar-refractivity contribution in [3.63, 3.8) is 0 Å². The summed E-state index contributed by atoms with van der Waals surface area (Å²) in [7, 11) is 0. The summed E-state index contributed by atoms with van der Waals surface area (Å²) in [4.78, 5) is 17.4. The maximum absolute atomic E-state index is 10.6. The van der Waals surface area contributed by atoms with Gasteiger partial charge in [-0.2, -0.15) is 0 Å². The molecule has 0 unspecified atom stereocenters. The van der Waals surface area contributed by atoms with E-state index in [0.717, 1.165) is 18.7 Å². The third-order valence-corrected chi connectivity index (χ3v) is 1.37. The molecule has 0 saturated carbocycles. The number of hydrogen-bond acceptors (Lipinski definition) is 2. The molecule has 0 aliphatic heterocycles. The van der Waals surface area contributed by atoms with Crippen LogP contribution in [-0.4, -0.2) is 15.9 Å². The Bertz CT molecular complexity index is 254. The molecule has 4 heteroatoms. The summed E-state index contributed by atoms with van der Waals surface area (Å²) in [5.74, 6) is 0.338. The summed E-state index contributed by atoms with van der Waals surface area (Å²) in [6.45, 7) is 2.05. The molecular weight excluding hydrogens is 142 g/mol. The van der Waals surface area contributed by atoms with Crippen LogP contribution in [0.3, 0.4) is 0 Å². The smallest absolute Gasteiger partial charge is 0.268 e. The predicted molar refractivity (Wildman–Crippen MR) is 41.1 cm³/mol. The van der Waals surface area contributed by atoms with E-state index in [1.165, 1.54) is 6.20 Å². The van der Waals surface area contributed by atoms with Gasteiger partial charge >= 0.3 is 0 Å². The summed E-state index contributed by atoms with van der Waals surface area (Å²) in [6, 6.07) is 0. The molecule has 0 spiro atoms. The molecule has 4 nitrogen and oxygen atoms in total. The zero-order valence-corrected chi connectivity index (χ0v) is 6.42. The van der Waals surface area contributed by atoms with E-state index in [-0.39, 0.29) is 0 Å². The lowest BCUT2D eigenvalue weighted by molar-refractivity contribution is 0.0996. The van der Waals surface area contributed by atoms with Gasteiger partial charge in [0.2, 0.25) is 0 Å². The van der Waals surface area contributed by atoms with Crippen molar-refractivity contribution in [2.75, 3.05) is 0 Å². The Labute approximate surface area is 64.8 Å². The van der Waals surface area contributed by atoms with E-state index in [4.69, 9.17) is 5.73 Å². The Morgan fingerprint density at radius 1 is 1.82 bits per heavy atom. The highest BCUT2D eigenvalue weighted by Crippen LogP contribution is 1.98. The highest BCUT2D eigenvalue weighted by molar-refractivity contribution is 5.90. The molecule has 0 aromatic carbocycles. The summed E-state index contributed by atoms with van der Waals surface area (Å²) in [5, 5.41) is 0. The lowest BCUT2D eigenvalue weighted by Crippen LogP contribution is -2.11. The first kappa shape index (κ1) is 7.78. The van der Waals surface area contributed by atoms with E-state index in [2.05, 4.69) is 9.97 Å². The quantitative estimate of drug-likeness (QED) is 0.662. The molecule has 0 radical (unpaired) electrons. The van der Waals surface area contributed by atoms with E-state index in [1.807, 2.05) is 6.92 Å². The van der Waals surface area contributed by atoms with Crippen molar-refractivity contribution in [1.82, 2.24) is 9.97 Å². The van der Waals surface area contributed by atoms with Crippen molar-refractivity contribution >= 4 is 5.91 Å². The molecular formula is C7H11N3O. The number of nitrogens with one attached hydrogen (secondary N) is 1. The molecule has 1 aromatic rings. The normalized spacial score (nSPS) is 9.91. The molecule has 1 aromatic heterocycles. The van der Waals surface area contributed by atoms with E-state index >= 15 is 0 Å². The third-order valence-electron chi connectivity index (χ3n) is 1.37. The van der Waals surface area contributed by atoms with Crippen LogP contribution >= 0.6 is 0 Å². The Kier molecular flexibility index (Phi) is 2.25. The Morgan fingerprint density at radius 2 is 2.55 bits per heavy atom. The highest BCUT2D eigenvalue weighted by Gasteiger charge is 2.04. The van der Waals surface area contributed by atoms with Crippen molar-refractivity contribution in [3.05, 3.63) is 17.7 Å². The molecule has 1 amide bonds. The fourth-order valence-corrected chi connectivity index (χ4v) is 0.853. The van der Waals surface area contributed by atoms with Gasteiger partial charge in [-0.05, 0) is 6.42 Å². The number of primary amides is 1. The molecule has 0 bridgehead atoms. The zero-order valence-electron chi connectivity index (χ0n) is 6.42. The Hall–Kier alpha value is -1.32. The predicted octanol–water partition coefficient (Wildman–Crippen LogP) is 0.461. The number of amides is 1. The van der Waals surface area contributed by atoms with Gasteiger partial charge in [0.15, 0.2) is 0 Å². The van der Waals surface area contributed by atoms with Gasteiger partial charge in [-0.25, -0.2) is 4.98 Å². The molecule has 1 heterocycles. The van der Waals surface area contributed by atoms with Crippen molar-refractivity contribution in [1.29, 1.82) is 0 Å². The molecule has 0 atom stereocenters. The van der Waals surface area contributed by atoms with Crippen LogP contribution in [0, 0.1) is 0 Å². The van der Waals surface area contributed by atoms with Crippen molar-refractivity contribution in [2.45, 2.75) is 19.8 Å². The number of hydrogen-bond donors (Lipinski definition) is 2. The zero-order chi connectivity index (χ0) is 8.27. The summed E-state index contributed by atoms with van der Waals surface area (Å²) >= 11 is 0. The summed E-state index contributed by atoms with van der Waals surface area (Å²) in [6.07, 6.45) is 3.40. The van der Waals surface area contributed by atoms with Crippen molar-refractivity contribution in [3.8, 4) is 0 Å². The van der Waals surface area contributed by atoms with Gasteiger partial charge in [0.25, 0.3) is 5.91 Å². The molecule has 0 aliphatic carbocycles. The van der Waals surface area contributed by atoms with Crippen LogP contribution in [-0.2, 0) is 6.42 Å². The first-order valence-electron chi connectivity index (χ1n) is 3.58. The molecule has 0 aliphatic rings. The highest BCUT2D eigenvalue weighted by atomic mass is 16.1. The fourth-order valence-electron chi connectivity index (χ4n) is 0.853. The average Bonchev–Trinajstić information content (AvgIpc) is 2.37. The summed E-state index contributed by atoms with van der Waals surface area (Å²) < 4.78 is 0. The number of imidazole rings is 1. The van der Waals surface area contributed by atoms with Gasteiger partial charge in [0, 0.05) is 12.6 Å². The number of aromatic amines is 1. The van der Waals surface area contributed by atoms with Crippen LogP contribution in [0.1, 0.15) is 29.7 Å². The number of carbonyl (C=O) groups is 1. The first-order valence-corrected chi connectivity index (χ1v) is 3.58. The number of aryl methyl sites for hydroxylation is 1. The minimum absolute atomic E-state index is 0.313. The second-order valence-electron chi connectivity index (χ2n) is 2.35. The average molecular weight is 153 g/mol. The molecule has 11 heavy (non-hydrogen) atoms. The van der Waals surface area contributed by atoms with E-state index in [9.17, 15) is 4.79 Å². The van der Waals surface area contributed by atoms with E-state index in [0.29, 0.717) is 5.69 Å².